The van der Waals surface area contributed by atoms with E-state index in [9.17, 15) is 32.3 Å². The lowest BCUT2D eigenvalue weighted by Gasteiger charge is -2.35. The van der Waals surface area contributed by atoms with Crippen LogP contribution < -0.4 is 10.6 Å². The summed E-state index contributed by atoms with van der Waals surface area (Å²) in [6, 6.07) is 4.71. The Morgan fingerprint density at radius 2 is 1.68 bits per heavy atom. The van der Waals surface area contributed by atoms with Crippen LogP contribution in [0.15, 0.2) is 24.3 Å². The van der Waals surface area contributed by atoms with Crippen molar-refractivity contribution in [2.24, 2.45) is 0 Å². The summed E-state index contributed by atoms with van der Waals surface area (Å²) in [5.41, 5.74) is -0.605. The van der Waals surface area contributed by atoms with Gasteiger partial charge in [0.15, 0.2) is 0 Å². The number of benzene rings is 1. The number of rotatable bonds is 5. The molecule has 0 aromatic heterocycles. The highest BCUT2D eigenvalue weighted by Gasteiger charge is 2.55. The van der Waals surface area contributed by atoms with Gasteiger partial charge in [-0.1, -0.05) is 19.3 Å². The van der Waals surface area contributed by atoms with Gasteiger partial charge in [0.25, 0.3) is 11.8 Å². The van der Waals surface area contributed by atoms with Crippen LogP contribution in [0.1, 0.15) is 42.5 Å². The molecular formula is C20H23F3N4O4. The highest BCUT2D eigenvalue weighted by Crippen LogP contribution is 2.39. The second-order valence-corrected chi connectivity index (χ2v) is 7.75. The Labute approximate surface area is 176 Å². The van der Waals surface area contributed by atoms with Gasteiger partial charge in [-0.15, -0.1) is 0 Å². The van der Waals surface area contributed by atoms with Crippen molar-refractivity contribution in [1.29, 1.82) is 0 Å². The van der Waals surface area contributed by atoms with E-state index in [1.807, 2.05) is 0 Å². The Morgan fingerprint density at radius 1 is 1.06 bits per heavy atom. The largest absolute Gasteiger partial charge is 0.405 e. The van der Waals surface area contributed by atoms with E-state index in [0.29, 0.717) is 12.8 Å². The minimum Gasteiger partial charge on any atom is -0.343 e. The molecule has 0 unspecified atom stereocenters. The van der Waals surface area contributed by atoms with Crippen LogP contribution in [0.4, 0.5) is 23.7 Å². The van der Waals surface area contributed by atoms with Gasteiger partial charge in [0.05, 0.1) is 0 Å². The van der Waals surface area contributed by atoms with Crippen LogP contribution in [0.25, 0.3) is 0 Å². The predicted octanol–water partition coefficient (Wildman–Crippen LogP) is 2.51. The molecule has 2 N–H and O–H groups in total. The van der Waals surface area contributed by atoms with Crippen LogP contribution in [0.5, 0.6) is 0 Å². The quantitative estimate of drug-likeness (QED) is 0.688. The number of carbonyl (C=O) groups is 4. The third-order valence-electron chi connectivity index (χ3n) is 5.67. The maximum atomic E-state index is 12.9. The lowest BCUT2D eigenvalue weighted by molar-refractivity contribution is -0.136. The van der Waals surface area contributed by atoms with Gasteiger partial charge in [0.1, 0.15) is 18.6 Å². The monoisotopic (exact) mass is 440 g/mol. The summed E-state index contributed by atoms with van der Waals surface area (Å²) in [5, 5.41) is 4.28. The Kier molecular flexibility index (Phi) is 6.23. The number of nitrogens with zero attached hydrogens (tertiary/aromatic N) is 2. The number of hydrogen-bond acceptors (Lipinski definition) is 4. The molecule has 1 saturated heterocycles. The molecule has 1 aromatic carbocycles. The molecule has 0 radical (unpaired) electrons. The number of hydrogen-bond donors (Lipinski definition) is 2. The molecular weight excluding hydrogens is 417 g/mol. The number of urea groups is 1. The van der Waals surface area contributed by atoms with E-state index >= 15 is 0 Å². The SMILES string of the molecule is CN1C(=O)N(CC(=O)Nc2ccc(C(=O)NCC(F)(F)F)cc2)C(=O)C12CCCCC2. The van der Waals surface area contributed by atoms with Gasteiger partial charge in [-0.05, 0) is 37.1 Å². The van der Waals surface area contributed by atoms with Crippen LogP contribution in [-0.4, -0.2) is 65.4 Å². The van der Waals surface area contributed by atoms with E-state index in [0.717, 1.165) is 24.2 Å². The summed E-state index contributed by atoms with van der Waals surface area (Å²) < 4.78 is 36.6. The fourth-order valence-corrected chi connectivity index (χ4v) is 4.00. The van der Waals surface area contributed by atoms with Crippen LogP contribution >= 0.6 is 0 Å². The number of imide groups is 1. The normalized spacial score (nSPS) is 18.5. The first-order chi connectivity index (χ1) is 14.5. The Morgan fingerprint density at radius 3 is 2.26 bits per heavy atom. The van der Waals surface area contributed by atoms with Gasteiger partial charge < -0.3 is 15.5 Å². The highest BCUT2D eigenvalue weighted by molar-refractivity contribution is 6.10. The van der Waals surface area contributed by atoms with E-state index in [-0.39, 0.29) is 17.2 Å². The van der Waals surface area contributed by atoms with Crippen molar-refractivity contribution in [2.75, 3.05) is 25.5 Å². The number of halogens is 3. The molecule has 31 heavy (non-hydrogen) atoms. The van der Waals surface area contributed by atoms with Gasteiger partial charge in [0, 0.05) is 18.3 Å². The molecule has 1 heterocycles. The lowest BCUT2D eigenvalue weighted by atomic mass is 9.81. The zero-order valence-corrected chi connectivity index (χ0v) is 16.9. The Hall–Kier alpha value is -3.11. The lowest BCUT2D eigenvalue weighted by Crippen LogP contribution is -2.49. The topological polar surface area (TPSA) is 98.8 Å². The number of likely N-dealkylation sites (N-methyl/N-ethyl adjacent to an activating group) is 1. The zero-order valence-electron chi connectivity index (χ0n) is 16.9. The zero-order chi connectivity index (χ0) is 22.8. The second-order valence-electron chi connectivity index (χ2n) is 7.75. The van der Waals surface area contributed by atoms with Crippen molar-refractivity contribution in [2.45, 2.75) is 43.8 Å². The highest BCUT2D eigenvalue weighted by atomic mass is 19.4. The van der Waals surface area contributed by atoms with Crippen molar-refractivity contribution < 1.29 is 32.3 Å². The summed E-state index contributed by atoms with van der Waals surface area (Å²) in [6.07, 6.45) is -0.688. The summed E-state index contributed by atoms with van der Waals surface area (Å²) in [5.74, 6) is -1.87. The van der Waals surface area contributed by atoms with E-state index in [2.05, 4.69) is 5.32 Å². The standard InChI is InChI=1S/C20H23F3N4O4/c1-26-18(31)27(17(30)19(26)9-3-2-4-10-19)11-15(28)25-14-7-5-13(6-8-14)16(29)24-12-20(21,22)23/h5-8H,2-4,9-12H2,1H3,(H,24,29)(H,25,28). The minimum atomic E-state index is -4.52. The molecule has 1 spiro atoms. The molecule has 1 aliphatic carbocycles. The molecule has 0 atom stereocenters. The average Bonchev–Trinajstić information content (AvgIpc) is 2.89. The maximum absolute atomic E-state index is 12.9. The predicted molar refractivity (Wildman–Crippen MR) is 104 cm³/mol. The van der Waals surface area contributed by atoms with Crippen molar-refractivity contribution in [3.63, 3.8) is 0 Å². The average molecular weight is 440 g/mol. The first-order valence-corrected chi connectivity index (χ1v) is 9.88. The second kappa shape index (κ2) is 8.56. The summed E-state index contributed by atoms with van der Waals surface area (Å²) in [7, 11) is 1.58. The molecule has 2 aliphatic rings. The molecule has 1 aromatic rings. The molecule has 168 valence electrons. The summed E-state index contributed by atoms with van der Waals surface area (Å²) >= 11 is 0. The van der Waals surface area contributed by atoms with E-state index < -0.39 is 42.7 Å². The number of anilines is 1. The molecule has 1 aliphatic heterocycles. The number of alkyl halides is 3. The van der Waals surface area contributed by atoms with Crippen LogP contribution in [0.3, 0.4) is 0 Å². The summed E-state index contributed by atoms with van der Waals surface area (Å²) in [6.45, 7) is -1.89. The number of nitrogens with one attached hydrogen (secondary N) is 2. The molecule has 2 fully saturated rings. The molecule has 8 nitrogen and oxygen atoms in total. The smallest absolute Gasteiger partial charge is 0.343 e. The van der Waals surface area contributed by atoms with Crippen LogP contribution in [0, 0.1) is 0 Å². The van der Waals surface area contributed by atoms with Crippen molar-refractivity contribution >= 4 is 29.4 Å². The molecule has 5 amide bonds. The summed E-state index contributed by atoms with van der Waals surface area (Å²) in [4.78, 5) is 51.9. The van der Waals surface area contributed by atoms with Crippen molar-refractivity contribution in [3.05, 3.63) is 29.8 Å². The molecule has 11 heteroatoms. The fourth-order valence-electron chi connectivity index (χ4n) is 4.00. The first-order valence-electron chi connectivity index (χ1n) is 9.88. The van der Waals surface area contributed by atoms with Gasteiger partial charge in [0.2, 0.25) is 5.91 Å². The van der Waals surface area contributed by atoms with E-state index in [4.69, 9.17) is 0 Å². The van der Waals surface area contributed by atoms with E-state index in [1.54, 1.807) is 12.4 Å². The van der Waals surface area contributed by atoms with Crippen molar-refractivity contribution in [1.82, 2.24) is 15.1 Å². The molecule has 0 bridgehead atoms. The third kappa shape index (κ3) is 4.80. The Bertz CT molecular complexity index is 879. The molecule has 1 saturated carbocycles. The number of amides is 5. The van der Waals surface area contributed by atoms with E-state index in [1.165, 1.54) is 29.2 Å². The maximum Gasteiger partial charge on any atom is 0.405 e. The van der Waals surface area contributed by atoms with Gasteiger partial charge in [-0.25, -0.2) is 4.79 Å². The van der Waals surface area contributed by atoms with Gasteiger partial charge in [-0.2, -0.15) is 13.2 Å². The first kappa shape index (κ1) is 22.6. The fraction of sp³-hybridized carbons (Fsp3) is 0.500. The molecule has 3 rings (SSSR count). The Balaban J connectivity index is 1.59. The van der Waals surface area contributed by atoms with Crippen LogP contribution in [-0.2, 0) is 9.59 Å². The minimum absolute atomic E-state index is 0.00647. The van der Waals surface area contributed by atoms with Gasteiger partial charge in [-0.3, -0.25) is 19.3 Å². The van der Waals surface area contributed by atoms with Crippen molar-refractivity contribution in [3.8, 4) is 0 Å². The number of carbonyl (C=O) groups excluding carboxylic acids is 4. The van der Waals surface area contributed by atoms with Gasteiger partial charge >= 0.3 is 12.2 Å². The third-order valence-corrected chi connectivity index (χ3v) is 5.67. The van der Waals surface area contributed by atoms with Crippen LogP contribution in [0.2, 0.25) is 0 Å².